The van der Waals surface area contributed by atoms with Crippen molar-refractivity contribution in [3.8, 4) is 11.5 Å². The van der Waals surface area contributed by atoms with Gasteiger partial charge in [-0.15, -0.1) is 6.58 Å². The lowest BCUT2D eigenvalue weighted by atomic mass is 10.1. The number of sulfonamides is 1. The molecular formula is C21H21NO4S. The number of hydrogen-bond acceptors (Lipinski definition) is 4. The Labute approximate surface area is 159 Å². The molecule has 3 aromatic carbocycles. The first-order valence-electron chi connectivity index (χ1n) is 8.35. The van der Waals surface area contributed by atoms with Crippen LogP contribution in [-0.4, -0.2) is 29.2 Å². The molecule has 0 radical (unpaired) electrons. The molecule has 0 atom stereocenters. The predicted molar refractivity (Wildman–Crippen MR) is 108 cm³/mol. The molecule has 0 aliphatic carbocycles. The zero-order chi connectivity index (χ0) is 19.4. The number of fused-ring (bicyclic) bond motifs is 1. The van der Waals surface area contributed by atoms with Gasteiger partial charge in [-0.2, -0.15) is 0 Å². The number of rotatable bonds is 7. The van der Waals surface area contributed by atoms with Crippen molar-refractivity contribution in [2.75, 3.05) is 25.1 Å². The monoisotopic (exact) mass is 383 g/mol. The summed E-state index contributed by atoms with van der Waals surface area (Å²) < 4.78 is 38.6. The number of nitrogens with zero attached hydrogens (tertiary/aromatic N) is 1. The molecule has 0 N–H and O–H groups in total. The Morgan fingerprint density at radius 2 is 1.70 bits per heavy atom. The average molecular weight is 383 g/mol. The Hall–Kier alpha value is -2.99. The topological polar surface area (TPSA) is 55.8 Å². The van der Waals surface area contributed by atoms with Crippen molar-refractivity contribution in [2.45, 2.75) is 4.90 Å². The van der Waals surface area contributed by atoms with Crippen LogP contribution in [0.25, 0.3) is 10.8 Å². The van der Waals surface area contributed by atoms with Gasteiger partial charge in [0.15, 0.2) is 0 Å². The highest BCUT2D eigenvalue weighted by molar-refractivity contribution is 7.92. The second kappa shape index (κ2) is 7.72. The maximum Gasteiger partial charge on any atom is 0.264 e. The molecule has 0 bridgehead atoms. The maximum atomic E-state index is 13.4. The minimum Gasteiger partial charge on any atom is -0.497 e. The standard InChI is InChI=1S/C21H21NO4S/c1-4-13-22(20-12-10-18(25-2)15-21(20)26-3)27(23,24)19-11-9-16-7-5-6-8-17(16)14-19/h4-12,14-15H,1,13H2,2-3H3. The first-order chi connectivity index (χ1) is 13.0. The Bertz CT molecular complexity index is 1080. The van der Waals surface area contributed by atoms with Gasteiger partial charge in [0.1, 0.15) is 11.5 Å². The van der Waals surface area contributed by atoms with Crippen LogP contribution in [0.1, 0.15) is 0 Å². The van der Waals surface area contributed by atoms with E-state index in [-0.39, 0.29) is 11.4 Å². The van der Waals surface area contributed by atoms with Gasteiger partial charge < -0.3 is 9.47 Å². The van der Waals surface area contributed by atoms with Crippen molar-refractivity contribution in [3.63, 3.8) is 0 Å². The normalized spacial score (nSPS) is 11.2. The second-order valence-electron chi connectivity index (χ2n) is 5.87. The van der Waals surface area contributed by atoms with Crippen LogP contribution in [-0.2, 0) is 10.0 Å². The minimum absolute atomic E-state index is 0.109. The third kappa shape index (κ3) is 3.61. The SMILES string of the molecule is C=CCN(c1ccc(OC)cc1OC)S(=O)(=O)c1ccc2ccccc2c1. The van der Waals surface area contributed by atoms with Crippen LogP contribution in [0.5, 0.6) is 11.5 Å². The van der Waals surface area contributed by atoms with Crippen LogP contribution in [0.3, 0.4) is 0 Å². The molecule has 5 nitrogen and oxygen atoms in total. The van der Waals surface area contributed by atoms with E-state index < -0.39 is 10.0 Å². The minimum atomic E-state index is -3.82. The fourth-order valence-corrected chi connectivity index (χ4v) is 4.37. The Morgan fingerprint density at radius 3 is 2.37 bits per heavy atom. The first-order valence-corrected chi connectivity index (χ1v) is 9.79. The summed E-state index contributed by atoms with van der Waals surface area (Å²) in [6, 6.07) is 17.8. The van der Waals surface area contributed by atoms with E-state index in [0.29, 0.717) is 17.2 Å². The lowest BCUT2D eigenvalue weighted by molar-refractivity contribution is 0.395. The summed E-state index contributed by atoms with van der Waals surface area (Å²) in [5.74, 6) is 0.984. The zero-order valence-corrected chi connectivity index (χ0v) is 16.1. The van der Waals surface area contributed by atoms with Crippen LogP contribution in [0.15, 0.2) is 78.2 Å². The summed E-state index contributed by atoms with van der Waals surface area (Å²) in [6.07, 6.45) is 1.54. The molecule has 0 heterocycles. The molecule has 0 aliphatic rings. The third-order valence-electron chi connectivity index (χ3n) is 4.26. The van der Waals surface area contributed by atoms with Crippen LogP contribution in [0.4, 0.5) is 5.69 Å². The van der Waals surface area contributed by atoms with Crippen molar-refractivity contribution >= 4 is 26.5 Å². The number of ether oxygens (including phenoxy) is 2. The van der Waals surface area contributed by atoms with Crippen molar-refractivity contribution < 1.29 is 17.9 Å². The van der Waals surface area contributed by atoms with E-state index in [2.05, 4.69) is 6.58 Å². The van der Waals surface area contributed by atoms with Crippen molar-refractivity contribution in [1.82, 2.24) is 0 Å². The van der Waals surface area contributed by atoms with Crippen molar-refractivity contribution in [1.29, 1.82) is 0 Å². The van der Waals surface area contributed by atoms with Crippen LogP contribution >= 0.6 is 0 Å². The van der Waals surface area contributed by atoms with Gasteiger partial charge >= 0.3 is 0 Å². The van der Waals surface area contributed by atoms with E-state index in [1.54, 1.807) is 49.6 Å². The van der Waals surface area contributed by atoms with E-state index in [9.17, 15) is 8.42 Å². The van der Waals surface area contributed by atoms with Gasteiger partial charge in [-0.1, -0.05) is 36.4 Å². The molecule has 0 saturated heterocycles. The van der Waals surface area contributed by atoms with Gasteiger partial charge in [-0.25, -0.2) is 8.42 Å². The Morgan fingerprint density at radius 1 is 0.963 bits per heavy atom. The van der Waals surface area contributed by atoms with Gasteiger partial charge in [-0.05, 0) is 35.0 Å². The molecule has 3 rings (SSSR count). The Balaban J connectivity index is 2.13. The van der Waals surface area contributed by atoms with Gasteiger partial charge in [0.2, 0.25) is 0 Å². The molecule has 140 valence electrons. The molecule has 0 saturated carbocycles. The highest BCUT2D eigenvalue weighted by atomic mass is 32.2. The van der Waals surface area contributed by atoms with Crippen LogP contribution < -0.4 is 13.8 Å². The van der Waals surface area contributed by atoms with Gasteiger partial charge in [-0.3, -0.25) is 4.31 Å². The van der Waals surface area contributed by atoms with Gasteiger partial charge in [0.05, 0.1) is 31.3 Å². The van der Waals surface area contributed by atoms with E-state index >= 15 is 0 Å². The maximum absolute atomic E-state index is 13.4. The third-order valence-corrected chi connectivity index (χ3v) is 6.04. The summed E-state index contributed by atoms with van der Waals surface area (Å²) >= 11 is 0. The average Bonchev–Trinajstić information content (AvgIpc) is 2.71. The van der Waals surface area contributed by atoms with Crippen molar-refractivity contribution in [3.05, 3.63) is 73.3 Å². The van der Waals surface area contributed by atoms with E-state index in [4.69, 9.17) is 9.47 Å². The molecule has 0 fully saturated rings. The summed E-state index contributed by atoms with van der Waals surface area (Å²) in [4.78, 5) is 0.209. The second-order valence-corrected chi connectivity index (χ2v) is 7.73. The zero-order valence-electron chi connectivity index (χ0n) is 15.3. The number of hydrogen-bond donors (Lipinski definition) is 0. The molecule has 3 aromatic rings. The van der Waals surface area contributed by atoms with E-state index in [0.717, 1.165) is 10.8 Å². The Kier molecular flexibility index (Phi) is 5.37. The van der Waals surface area contributed by atoms with Crippen LogP contribution in [0, 0.1) is 0 Å². The van der Waals surface area contributed by atoms with Gasteiger partial charge in [0, 0.05) is 6.07 Å². The number of benzene rings is 3. The quantitative estimate of drug-likeness (QED) is 0.573. The molecular weight excluding hydrogens is 362 g/mol. The smallest absolute Gasteiger partial charge is 0.264 e. The fourth-order valence-electron chi connectivity index (χ4n) is 2.89. The lowest BCUT2D eigenvalue weighted by Crippen LogP contribution is -2.31. The fraction of sp³-hybridized carbons (Fsp3) is 0.143. The number of anilines is 1. The summed E-state index contributed by atoms with van der Waals surface area (Å²) in [7, 11) is -0.782. The first kappa shape index (κ1) is 18.8. The van der Waals surface area contributed by atoms with Crippen LogP contribution in [0.2, 0.25) is 0 Å². The molecule has 0 aromatic heterocycles. The van der Waals surface area contributed by atoms with Crippen molar-refractivity contribution in [2.24, 2.45) is 0 Å². The lowest BCUT2D eigenvalue weighted by Gasteiger charge is -2.25. The van der Waals surface area contributed by atoms with Gasteiger partial charge in [0.25, 0.3) is 10.0 Å². The molecule has 6 heteroatoms. The van der Waals surface area contributed by atoms with E-state index in [1.165, 1.54) is 11.4 Å². The highest BCUT2D eigenvalue weighted by Crippen LogP contribution is 2.35. The highest BCUT2D eigenvalue weighted by Gasteiger charge is 2.27. The summed E-state index contributed by atoms with van der Waals surface area (Å²) in [5, 5.41) is 1.84. The molecule has 27 heavy (non-hydrogen) atoms. The largest absolute Gasteiger partial charge is 0.497 e. The summed E-state index contributed by atoms with van der Waals surface area (Å²) in [6.45, 7) is 3.81. The molecule has 0 unspecified atom stereocenters. The summed E-state index contributed by atoms with van der Waals surface area (Å²) in [5.41, 5.74) is 0.423. The predicted octanol–water partition coefficient (Wildman–Crippen LogP) is 4.24. The molecule has 0 aliphatic heterocycles. The number of methoxy groups -OCH3 is 2. The molecule has 0 spiro atoms. The van der Waals surface area contributed by atoms with E-state index in [1.807, 2.05) is 24.3 Å². The molecule has 0 amide bonds.